The molecular weight excluding hydrogens is 266 g/mol. The highest BCUT2D eigenvalue weighted by Gasteiger charge is 2.30. The first-order valence-corrected chi connectivity index (χ1v) is 7.60. The van der Waals surface area contributed by atoms with Crippen LogP contribution in [0.25, 0.3) is 0 Å². The van der Waals surface area contributed by atoms with E-state index in [0.717, 1.165) is 24.9 Å². The predicted octanol–water partition coefficient (Wildman–Crippen LogP) is 1.88. The van der Waals surface area contributed by atoms with Crippen LogP contribution in [0.5, 0.6) is 0 Å². The summed E-state index contributed by atoms with van der Waals surface area (Å²) in [5, 5.41) is 2.91. The lowest BCUT2D eigenvalue weighted by atomic mass is 10.1. The molecule has 3 rings (SSSR count). The van der Waals surface area contributed by atoms with Gasteiger partial charge in [0.2, 0.25) is 11.8 Å². The SMILES string of the molecule is NC(CC(=O)Nc1ccccc1N1CCCC1=O)C1CC1. The Morgan fingerprint density at radius 2 is 2.14 bits per heavy atom. The van der Waals surface area contributed by atoms with Crippen LogP contribution in [0.15, 0.2) is 24.3 Å². The highest BCUT2D eigenvalue weighted by atomic mass is 16.2. The molecule has 1 atom stereocenters. The fraction of sp³-hybridized carbons (Fsp3) is 0.500. The number of hydrogen-bond donors (Lipinski definition) is 2. The van der Waals surface area contributed by atoms with Crippen LogP contribution >= 0.6 is 0 Å². The van der Waals surface area contributed by atoms with Crippen LogP contribution in [-0.2, 0) is 9.59 Å². The van der Waals surface area contributed by atoms with Gasteiger partial charge in [0.15, 0.2) is 0 Å². The number of anilines is 2. The summed E-state index contributed by atoms with van der Waals surface area (Å²) in [4.78, 5) is 25.7. The maximum atomic E-state index is 12.1. The summed E-state index contributed by atoms with van der Waals surface area (Å²) in [5.41, 5.74) is 7.47. The van der Waals surface area contributed by atoms with Crippen LogP contribution in [0, 0.1) is 5.92 Å². The Morgan fingerprint density at radius 1 is 1.38 bits per heavy atom. The number of carbonyl (C=O) groups is 2. The maximum Gasteiger partial charge on any atom is 0.227 e. The first-order valence-electron chi connectivity index (χ1n) is 7.60. The van der Waals surface area contributed by atoms with Crippen molar-refractivity contribution in [2.45, 2.75) is 38.1 Å². The molecule has 1 unspecified atom stereocenters. The highest BCUT2D eigenvalue weighted by Crippen LogP contribution is 2.33. The fourth-order valence-corrected chi connectivity index (χ4v) is 2.82. The lowest BCUT2D eigenvalue weighted by molar-refractivity contribution is -0.117. The van der Waals surface area contributed by atoms with Gasteiger partial charge in [-0.15, -0.1) is 0 Å². The minimum absolute atomic E-state index is 0.0504. The molecule has 0 aromatic heterocycles. The monoisotopic (exact) mass is 287 g/mol. The molecule has 5 heteroatoms. The summed E-state index contributed by atoms with van der Waals surface area (Å²) in [7, 11) is 0. The van der Waals surface area contributed by atoms with E-state index < -0.39 is 0 Å². The summed E-state index contributed by atoms with van der Waals surface area (Å²) >= 11 is 0. The number of nitrogens with one attached hydrogen (secondary N) is 1. The number of rotatable bonds is 5. The second-order valence-electron chi connectivity index (χ2n) is 5.92. The first-order chi connectivity index (χ1) is 10.1. The number of hydrogen-bond acceptors (Lipinski definition) is 3. The smallest absolute Gasteiger partial charge is 0.227 e. The largest absolute Gasteiger partial charge is 0.327 e. The number of amides is 2. The van der Waals surface area contributed by atoms with Crippen molar-refractivity contribution >= 4 is 23.2 Å². The van der Waals surface area contributed by atoms with Crippen molar-refractivity contribution in [2.24, 2.45) is 11.7 Å². The zero-order valence-corrected chi connectivity index (χ0v) is 12.0. The molecule has 0 spiro atoms. The molecule has 1 aliphatic carbocycles. The Balaban J connectivity index is 1.69. The highest BCUT2D eigenvalue weighted by molar-refractivity contribution is 6.02. The maximum absolute atomic E-state index is 12.1. The van der Waals surface area contributed by atoms with E-state index in [0.29, 0.717) is 31.0 Å². The van der Waals surface area contributed by atoms with Gasteiger partial charge in [-0.2, -0.15) is 0 Å². The molecule has 112 valence electrons. The summed E-state index contributed by atoms with van der Waals surface area (Å²) < 4.78 is 0. The van der Waals surface area contributed by atoms with Crippen LogP contribution in [0.3, 0.4) is 0 Å². The number of para-hydroxylation sites is 2. The minimum atomic E-state index is -0.0755. The Kier molecular flexibility index (Phi) is 3.92. The number of carbonyl (C=O) groups excluding carboxylic acids is 2. The molecule has 2 amide bonds. The first kappa shape index (κ1) is 14.1. The third-order valence-corrected chi connectivity index (χ3v) is 4.19. The minimum Gasteiger partial charge on any atom is -0.327 e. The van der Waals surface area contributed by atoms with E-state index in [2.05, 4.69) is 5.32 Å². The standard InChI is InChI=1S/C16H21N3O2/c17-12(11-7-8-11)10-15(20)18-13-4-1-2-5-14(13)19-9-3-6-16(19)21/h1-2,4-5,11-12H,3,6-10,17H2,(H,18,20). The molecule has 0 radical (unpaired) electrons. The zero-order valence-electron chi connectivity index (χ0n) is 12.0. The van der Waals surface area contributed by atoms with Crippen LogP contribution < -0.4 is 16.0 Å². The second-order valence-corrected chi connectivity index (χ2v) is 5.92. The number of nitrogens with zero attached hydrogens (tertiary/aromatic N) is 1. The average molecular weight is 287 g/mol. The van der Waals surface area contributed by atoms with E-state index in [1.165, 1.54) is 0 Å². The van der Waals surface area contributed by atoms with Gasteiger partial charge in [-0.25, -0.2) is 0 Å². The van der Waals surface area contributed by atoms with Crippen LogP contribution in [0.4, 0.5) is 11.4 Å². The van der Waals surface area contributed by atoms with Gasteiger partial charge in [0.25, 0.3) is 0 Å². The van der Waals surface area contributed by atoms with Gasteiger partial charge >= 0.3 is 0 Å². The number of benzene rings is 1. The lowest BCUT2D eigenvalue weighted by Gasteiger charge is -2.20. The molecule has 3 N–H and O–H groups in total. The van der Waals surface area contributed by atoms with Crippen molar-refractivity contribution in [1.29, 1.82) is 0 Å². The Morgan fingerprint density at radius 3 is 2.81 bits per heavy atom. The van der Waals surface area contributed by atoms with Gasteiger partial charge < -0.3 is 16.0 Å². The molecule has 21 heavy (non-hydrogen) atoms. The molecule has 0 bridgehead atoms. The van der Waals surface area contributed by atoms with E-state index in [4.69, 9.17) is 5.73 Å². The van der Waals surface area contributed by atoms with Gasteiger partial charge in [-0.1, -0.05) is 12.1 Å². The Bertz CT molecular complexity index is 554. The number of nitrogens with two attached hydrogens (primary N) is 1. The van der Waals surface area contributed by atoms with Crippen molar-refractivity contribution in [2.75, 3.05) is 16.8 Å². The van der Waals surface area contributed by atoms with Crippen molar-refractivity contribution < 1.29 is 9.59 Å². The van der Waals surface area contributed by atoms with Crippen molar-refractivity contribution in [3.05, 3.63) is 24.3 Å². The molecule has 1 saturated heterocycles. The second kappa shape index (κ2) is 5.85. The Labute approximate surface area is 124 Å². The zero-order chi connectivity index (χ0) is 14.8. The van der Waals surface area contributed by atoms with E-state index in [-0.39, 0.29) is 17.9 Å². The van der Waals surface area contributed by atoms with Gasteiger partial charge in [-0.05, 0) is 37.3 Å². The molecular formula is C16H21N3O2. The normalized spacial score (nSPS) is 19.7. The summed E-state index contributed by atoms with van der Waals surface area (Å²) in [6, 6.07) is 7.40. The van der Waals surface area contributed by atoms with Gasteiger partial charge in [0.1, 0.15) is 0 Å². The van der Waals surface area contributed by atoms with Crippen LogP contribution in [0.2, 0.25) is 0 Å². The lowest BCUT2D eigenvalue weighted by Crippen LogP contribution is -2.30. The molecule has 2 fully saturated rings. The third kappa shape index (κ3) is 3.24. The van der Waals surface area contributed by atoms with Gasteiger partial charge in [0, 0.05) is 25.4 Å². The van der Waals surface area contributed by atoms with E-state index >= 15 is 0 Å². The molecule has 1 aromatic rings. The molecule has 1 aliphatic heterocycles. The molecule has 1 heterocycles. The van der Waals surface area contributed by atoms with Crippen molar-refractivity contribution in [1.82, 2.24) is 0 Å². The molecule has 1 saturated carbocycles. The summed E-state index contributed by atoms with van der Waals surface area (Å²) in [6.45, 7) is 0.716. The van der Waals surface area contributed by atoms with Crippen LogP contribution in [0.1, 0.15) is 32.1 Å². The van der Waals surface area contributed by atoms with Gasteiger partial charge in [0.05, 0.1) is 11.4 Å². The van der Waals surface area contributed by atoms with E-state index in [1.54, 1.807) is 4.90 Å². The van der Waals surface area contributed by atoms with E-state index in [1.807, 2.05) is 24.3 Å². The average Bonchev–Trinajstić information content (AvgIpc) is 3.22. The molecule has 2 aliphatic rings. The summed E-state index contributed by atoms with van der Waals surface area (Å²) in [5.74, 6) is 0.547. The summed E-state index contributed by atoms with van der Waals surface area (Å²) in [6.07, 6.45) is 4.05. The van der Waals surface area contributed by atoms with Crippen molar-refractivity contribution in [3.8, 4) is 0 Å². The molecule has 5 nitrogen and oxygen atoms in total. The topological polar surface area (TPSA) is 75.4 Å². The van der Waals surface area contributed by atoms with Crippen molar-refractivity contribution in [3.63, 3.8) is 0 Å². The van der Waals surface area contributed by atoms with E-state index in [9.17, 15) is 9.59 Å². The van der Waals surface area contributed by atoms with Crippen LogP contribution in [-0.4, -0.2) is 24.4 Å². The Hall–Kier alpha value is -1.88. The predicted molar refractivity (Wildman–Crippen MR) is 82.0 cm³/mol. The fourth-order valence-electron chi connectivity index (χ4n) is 2.82. The molecule has 1 aromatic carbocycles. The quantitative estimate of drug-likeness (QED) is 0.868. The third-order valence-electron chi connectivity index (χ3n) is 4.19. The van der Waals surface area contributed by atoms with Gasteiger partial charge in [-0.3, -0.25) is 9.59 Å².